The fraction of sp³-hybridized carbons (Fsp3) is 0.273. The van der Waals surface area contributed by atoms with E-state index in [9.17, 15) is 4.79 Å². The van der Waals surface area contributed by atoms with Gasteiger partial charge in [0, 0.05) is 18.2 Å². The van der Waals surface area contributed by atoms with Gasteiger partial charge in [-0.3, -0.25) is 0 Å². The van der Waals surface area contributed by atoms with Crippen LogP contribution in [0.4, 0.5) is 5.82 Å². The molecule has 5 heteroatoms. The number of aromatic nitrogens is 1. The molecule has 0 aromatic carbocycles. The molecule has 0 fully saturated rings. The van der Waals surface area contributed by atoms with Crippen molar-refractivity contribution in [2.45, 2.75) is 6.42 Å². The predicted molar refractivity (Wildman–Crippen MR) is 58.6 cm³/mol. The van der Waals surface area contributed by atoms with Gasteiger partial charge in [0.1, 0.15) is 11.4 Å². The van der Waals surface area contributed by atoms with Gasteiger partial charge in [0.25, 0.3) is 0 Å². The Balaban J connectivity index is 2.99. The molecule has 0 bridgehead atoms. The van der Waals surface area contributed by atoms with Gasteiger partial charge in [-0.05, 0) is 6.07 Å². The highest BCUT2D eigenvalue weighted by atomic mass is 16.5. The average molecular weight is 220 g/mol. The smallest absolute Gasteiger partial charge is 0.341 e. The van der Waals surface area contributed by atoms with Gasteiger partial charge in [-0.15, -0.1) is 0 Å². The monoisotopic (exact) mass is 220 g/mol. The van der Waals surface area contributed by atoms with Crippen LogP contribution in [-0.4, -0.2) is 29.8 Å². The van der Waals surface area contributed by atoms with Crippen molar-refractivity contribution in [2.24, 2.45) is 0 Å². The molecule has 0 spiro atoms. The number of ether oxygens (including phenoxy) is 1. The van der Waals surface area contributed by atoms with Gasteiger partial charge in [0.2, 0.25) is 0 Å². The molecule has 0 amide bonds. The molecule has 1 heterocycles. The van der Waals surface area contributed by atoms with Crippen LogP contribution in [0.25, 0.3) is 0 Å². The number of nitrogens with zero attached hydrogens (tertiary/aromatic N) is 1. The van der Waals surface area contributed by atoms with Crippen LogP contribution >= 0.6 is 0 Å². The first-order valence-electron chi connectivity index (χ1n) is 4.62. The van der Waals surface area contributed by atoms with E-state index in [-0.39, 0.29) is 18.0 Å². The second kappa shape index (κ2) is 5.73. The lowest BCUT2D eigenvalue weighted by Gasteiger charge is -2.02. The summed E-state index contributed by atoms with van der Waals surface area (Å²) >= 11 is 0. The maximum absolute atomic E-state index is 11.3. The Bertz CT molecular complexity index is 446. The minimum absolute atomic E-state index is 0.000734. The van der Waals surface area contributed by atoms with E-state index in [1.54, 1.807) is 0 Å². The van der Waals surface area contributed by atoms with Gasteiger partial charge in [-0.25, -0.2) is 9.78 Å². The molecule has 0 saturated heterocycles. The van der Waals surface area contributed by atoms with Gasteiger partial charge < -0.3 is 15.6 Å². The van der Waals surface area contributed by atoms with Crippen molar-refractivity contribution < 1.29 is 14.6 Å². The third-order valence-corrected chi connectivity index (χ3v) is 1.79. The van der Waals surface area contributed by atoms with Crippen molar-refractivity contribution in [2.75, 3.05) is 19.5 Å². The Morgan fingerprint density at radius 1 is 1.69 bits per heavy atom. The third kappa shape index (κ3) is 2.97. The highest BCUT2D eigenvalue weighted by Gasteiger charge is 2.10. The molecule has 0 aliphatic rings. The van der Waals surface area contributed by atoms with E-state index >= 15 is 0 Å². The number of nitrogens with two attached hydrogens (primary N) is 1. The maximum atomic E-state index is 11.3. The molecule has 0 radical (unpaired) electrons. The van der Waals surface area contributed by atoms with E-state index in [4.69, 9.17) is 10.8 Å². The number of pyridine rings is 1. The molecular weight excluding hydrogens is 208 g/mol. The average Bonchev–Trinajstić information content (AvgIpc) is 2.30. The molecule has 1 aromatic heterocycles. The van der Waals surface area contributed by atoms with Crippen molar-refractivity contribution in [3.8, 4) is 11.8 Å². The summed E-state index contributed by atoms with van der Waals surface area (Å²) in [7, 11) is 1.27. The summed E-state index contributed by atoms with van der Waals surface area (Å²) in [6.07, 6.45) is 1.84. The van der Waals surface area contributed by atoms with Crippen LogP contribution in [0, 0.1) is 11.8 Å². The first-order valence-corrected chi connectivity index (χ1v) is 4.62. The lowest BCUT2D eigenvalue weighted by atomic mass is 10.2. The van der Waals surface area contributed by atoms with Crippen LogP contribution in [0.2, 0.25) is 0 Å². The van der Waals surface area contributed by atoms with Crippen molar-refractivity contribution in [3.05, 3.63) is 23.4 Å². The van der Waals surface area contributed by atoms with Gasteiger partial charge in [-0.1, -0.05) is 11.8 Å². The molecule has 5 nitrogen and oxygen atoms in total. The summed E-state index contributed by atoms with van der Waals surface area (Å²) in [5.41, 5.74) is 6.27. The Hall–Kier alpha value is -2.06. The third-order valence-electron chi connectivity index (χ3n) is 1.79. The summed E-state index contributed by atoms with van der Waals surface area (Å²) in [6, 6.07) is 1.51. The number of nitrogen functional groups attached to an aromatic ring is 1. The maximum Gasteiger partial charge on any atom is 0.341 e. The second-order valence-electron chi connectivity index (χ2n) is 2.92. The largest absolute Gasteiger partial charge is 0.465 e. The zero-order chi connectivity index (χ0) is 12.0. The van der Waals surface area contributed by atoms with Gasteiger partial charge in [-0.2, -0.15) is 0 Å². The molecule has 0 unspecified atom stereocenters. The van der Waals surface area contributed by atoms with E-state index in [1.165, 1.54) is 19.4 Å². The molecular formula is C11H12N2O3. The van der Waals surface area contributed by atoms with Gasteiger partial charge in [0.15, 0.2) is 0 Å². The summed E-state index contributed by atoms with van der Waals surface area (Å²) in [6.45, 7) is -0.000734. The highest BCUT2D eigenvalue weighted by Crippen LogP contribution is 2.11. The fourth-order valence-corrected chi connectivity index (χ4v) is 1.04. The van der Waals surface area contributed by atoms with E-state index < -0.39 is 5.97 Å². The number of aliphatic hydroxyl groups excluding tert-OH is 1. The van der Waals surface area contributed by atoms with Gasteiger partial charge in [0.05, 0.1) is 13.7 Å². The Morgan fingerprint density at radius 3 is 3.06 bits per heavy atom. The lowest BCUT2D eigenvalue weighted by molar-refractivity contribution is 0.0601. The zero-order valence-corrected chi connectivity index (χ0v) is 8.86. The fourth-order valence-electron chi connectivity index (χ4n) is 1.04. The number of carbonyl (C=O) groups excluding carboxylic acids is 1. The first kappa shape index (κ1) is 12.0. The van der Waals surface area contributed by atoms with Gasteiger partial charge >= 0.3 is 5.97 Å². The number of hydrogen-bond donors (Lipinski definition) is 2. The second-order valence-corrected chi connectivity index (χ2v) is 2.92. The summed E-state index contributed by atoms with van der Waals surface area (Å²) in [5.74, 6) is 5.04. The molecule has 0 aliphatic carbocycles. The van der Waals surface area contributed by atoms with E-state index in [0.29, 0.717) is 12.0 Å². The van der Waals surface area contributed by atoms with Crippen molar-refractivity contribution in [1.82, 2.24) is 4.98 Å². The SMILES string of the molecule is COC(=O)c1cc(C#CCCO)cnc1N. The van der Waals surface area contributed by atoms with Crippen LogP contribution in [0.15, 0.2) is 12.3 Å². The van der Waals surface area contributed by atoms with Crippen LogP contribution < -0.4 is 5.73 Å². The molecule has 84 valence electrons. The molecule has 16 heavy (non-hydrogen) atoms. The van der Waals surface area contributed by atoms with Crippen LogP contribution in [0.3, 0.4) is 0 Å². The lowest BCUT2D eigenvalue weighted by Crippen LogP contribution is -2.07. The van der Waals surface area contributed by atoms with Crippen LogP contribution in [0.5, 0.6) is 0 Å². The molecule has 1 aromatic rings. The summed E-state index contributed by atoms with van der Waals surface area (Å²) in [4.78, 5) is 15.1. The number of rotatable bonds is 2. The topological polar surface area (TPSA) is 85.4 Å². The quantitative estimate of drug-likeness (QED) is 0.548. The normalized spacial score (nSPS) is 9.12. The number of carbonyl (C=O) groups is 1. The van der Waals surface area contributed by atoms with Crippen LogP contribution in [0.1, 0.15) is 22.3 Å². The molecule has 0 atom stereocenters. The van der Waals surface area contributed by atoms with E-state index in [2.05, 4.69) is 21.6 Å². The Morgan fingerprint density at radius 2 is 2.44 bits per heavy atom. The van der Waals surface area contributed by atoms with Crippen molar-refractivity contribution in [1.29, 1.82) is 0 Å². The summed E-state index contributed by atoms with van der Waals surface area (Å²) in [5, 5.41) is 8.56. The number of anilines is 1. The zero-order valence-electron chi connectivity index (χ0n) is 8.86. The highest BCUT2D eigenvalue weighted by molar-refractivity contribution is 5.94. The Labute approximate surface area is 93.2 Å². The van der Waals surface area contributed by atoms with Crippen molar-refractivity contribution in [3.63, 3.8) is 0 Å². The number of hydrogen-bond acceptors (Lipinski definition) is 5. The van der Waals surface area contributed by atoms with E-state index in [0.717, 1.165) is 0 Å². The number of aliphatic hydroxyl groups is 1. The summed E-state index contributed by atoms with van der Waals surface area (Å²) < 4.78 is 4.55. The van der Waals surface area contributed by atoms with E-state index in [1.807, 2.05) is 0 Å². The minimum atomic E-state index is -0.546. The standard InChI is InChI=1S/C11H12N2O3/c1-16-11(15)9-6-8(4-2-3-5-14)7-13-10(9)12/h6-7,14H,3,5H2,1H3,(H2,12,13). The van der Waals surface area contributed by atoms with Crippen LogP contribution in [-0.2, 0) is 4.74 Å². The Kier molecular flexibility index (Phi) is 4.30. The molecule has 3 N–H and O–H groups in total. The number of methoxy groups -OCH3 is 1. The molecule has 0 aliphatic heterocycles. The molecule has 0 saturated carbocycles. The minimum Gasteiger partial charge on any atom is -0.465 e. The molecule has 1 rings (SSSR count). The first-order chi connectivity index (χ1) is 7.69. The number of esters is 1. The predicted octanol–water partition coefficient (Wildman–Crippen LogP) is 0.184. The van der Waals surface area contributed by atoms with Crippen molar-refractivity contribution >= 4 is 11.8 Å².